The number of hydrogen-bond acceptors (Lipinski definition) is 3. The van der Waals surface area contributed by atoms with Crippen LogP contribution in [0.2, 0.25) is 0 Å². The van der Waals surface area contributed by atoms with Gasteiger partial charge < -0.3 is 0 Å². The van der Waals surface area contributed by atoms with E-state index >= 15 is 0 Å². The number of sulfonamides is 1. The zero-order valence-corrected chi connectivity index (χ0v) is 9.96. The van der Waals surface area contributed by atoms with E-state index < -0.39 is 10.0 Å². The lowest BCUT2D eigenvalue weighted by atomic mass is 10.2. The monoisotopic (exact) mass is 241 g/mol. The number of rotatable bonds is 6. The van der Waals surface area contributed by atoms with E-state index in [0.717, 1.165) is 6.42 Å². The molecule has 0 saturated heterocycles. The molecule has 0 amide bonds. The molecule has 0 saturated carbocycles. The van der Waals surface area contributed by atoms with Crippen LogP contribution in [-0.4, -0.2) is 20.5 Å². The number of anilines is 1. The van der Waals surface area contributed by atoms with Gasteiger partial charge in [0.15, 0.2) is 0 Å². The maximum Gasteiger partial charge on any atom is 0.232 e. The lowest BCUT2D eigenvalue weighted by Crippen LogP contribution is -2.16. The number of benzene rings is 1. The van der Waals surface area contributed by atoms with Crippen LogP contribution in [0.5, 0.6) is 0 Å². The number of carbonyl (C=O) groups excluding carboxylic acids is 1. The van der Waals surface area contributed by atoms with E-state index in [9.17, 15) is 13.2 Å². The molecule has 5 heteroatoms. The Kier molecular flexibility index (Phi) is 4.49. The number of nitrogens with one attached hydrogen (secondary N) is 1. The highest BCUT2D eigenvalue weighted by Crippen LogP contribution is 2.11. The van der Waals surface area contributed by atoms with Gasteiger partial charge in [0, 0.05) is 11.3 Å². The van der Waals surface area contributed by atoms with Crippen molar-refractivity contribution in [3.05, 3.63) is 29.8 Å². The van der Waals surface area contributed by atoms with Crippen LogP contribution in [0, 0.1) is 0 Å². The third-order valence-corrected chi connectivity index (χ3v) is 3.44. The molecule has 0 aliphatic carbocycles. The van der Waals surface area contributed by atoms with Crippen LogP contribution in [0.15, 0.2) is 24.3 Å². The molecule has 0 fully saturated rings. The van der Waals surface area contributed by atoms with Gasteiger partial charge in [-0.1, -0.05) is 25.5 Å². The van der Waals surface area contributed by atoms with Crippen molar-refractivity contribution in [3.8, 4) is 0 Å². The van der Waals surface area contributed by atoms with Gasteiger partial charge in [0.25, 0.3) is 0 Å². The van der Waals surface area contributed by atoms with Crippen molar-refractivity contribution >= 4 is 22.0 Å². The van der Waals surface area contributed by atoms with Gasteiger partial charge in [-0.3, -0.25) is 9.52 Å². The fourth-order valence-corrected chi connectivity index (χ4v) is 2.50. The van der Waals surface area contributed by atoms with Crippen LogP contribution in [-0.2, 0) is 10.0 Å². The van der Waals surface area contributed by atoms with Gasteiger partial charge in [0.2, 0.25) is 10.0 Å². The normalized spacial score (nSPS) is 11.1. The minimum Gasteiger partial charge on any atom is -0.298 e. The Hall–Kier alpha value is -1.36. The first-order valence-electron chi connectivity index (χ1n) is 5.13. The molecule has 0 atom stereocenters. The van der Waals surface area contributed by atoms with Gasteiger partial charge in [0.1, 0.15) is 6.29 Å². The quantitative estimate of drug-likeness (QED) is 0.775. The molecule has 0 heterocycles. The van der Waals surface area contributed by atoms with Crippen LogP contribution in [0.1, 0.15) is 30.1 Å². The van der Waals surface area contributed by atoms with E-state index in [1.54, 1.807) is 18.2 Å². The SMILES string of the molecule is CCCCS(=O)(=O)Nc1cccc(C=O)c1. The van der Waals surface area contributed by atoms with Crippen LogP contribution in [0.4, 0.5) is 5.69 Å². The predicted octanol–water partition coefficient (Wildman–Crippen LogP) is 2.04. The van der Waals surface area contributed by atoms with Crippen molar-refractivity contribution < 1.29 is 13.2 Å². The van der Waals surface area contributed by atoms with Crippen molar-refractivity contribution in [1.29, 1.82) is 0 Å². The predicted molar refractivity (Wildman–Crippen MR) is 64.1 cm³/mol. The Morgan fingerprint density at radius 1 is 1.38 bits per heavy atom. The van der Waals surface area contributed by atoms with Gasteiger partial charge in [-0.2, -0.15) is 0 Å². The van der Waals surface area contributed by atoms with Crippen molar-refractivity contribution in [1.82, 2.24) is 0 Å². The largest absolute Gasteiger partial charge is 0.298 e. The zero-order valence-electron chi connectivity index (χ0n) is 9.14. The van der Waals surface area contributed by atoms with E-state index in [0.29, 0.717) is 24.0 Å². The summed E-state index contributed by atoms with van der Waals surface area (Å²) in [5.74, 6) is 0.106. The molecular weight excluding hydrogens is 226 g/mol. The molecule has 88 valence electrons. The molecule has 4 nitrogen and oxygen atoms in total. The molecule has 0 spiro atoms. The van der Waals surface area contributed by atoms with E-state index in [2.05, 4.69) is 4.72 Å². The summed E-state index contributed by atoms with van der Waals surface area (Å²) in [7, 11) is -3.29. The first kappa shape index (κ1) is 12.7. The van der Waals surface area contributed by atoms with Crippen molar-refractivity contribution in [2.45, 2.75) is 19.8 Å². The van der Waals surface area contributed by atoms with Crippen LogP contribution in [0.3, 0.4) is 0 Å². The van der Waals surface area contributed by atoms with E-state index in [-0.39, 0.29) is 5.75 Å². The summed E-state index contributed by atoms with van der Waals surface area (Å²) in [5, 5.41) is 0. The summed E-state index contributed by atoms with van der Waals surface area (Å²) < 4.78 is 25.6. The molecule has 1 aromatic rings. The molecular formula is C11H15NO3S. The van der Waals surface area contributed by atoms with Gasteiger partial charge in [-0.05, 0) is 18.6 Å². The average Bonchev–Trinajstić information content (AvgIpc) is 2.26. The lowest BCUT2D eigenvalue weighted by Gasteiger charge is -2.07. The number of carbonyl (C=O) groups is 1. The molecule has 0 aliphatic heterocycles. The summed E-state index contributed by atoms with van der Waals surface area (Å²) in [4.78, 5) is 10.5. The fraction of sp³-hybridized carbons (Fsp3) is 0.364. The van der Waals surface area contributed by atoms with Crippen LogP contribution in [0.25, 0.3) is 0 Å². The summed E-state index contributed by atoms with van der Waals surface area (Å²) in [5.41, 5.74) is 0.886. The molecule has 16 heavy (non-hydrogen) atoms. The van der Waals surface area contributed by atoms with E-state index in [1.165, 1.54) is 6.07 Å². The highest BCUT2D eigenvalue weighted by molar-refractivity contribution is 7.92. The summed E-state index contributed by atoms with van der Waals surface area (Å²) in [6.45, 7) is 1.93. The molecule has 0 bridgehead atoms. The van der Waals surface area contributed by atoms with Crippen molar-refractivity contribution in [2.75, 3.05) is 10.5 Å². The molecule has 1 aromatic carbocycles. The molecule has 0 aromatic heterocycles. The zero-order chi connectivity index (χ0) is 12.0. The third kappa shape index (κ3) is 4.02. The fourth-order valence-electron chi connectivity index (χ4n) is 1.24. The van der Waals surface area contributed by atoms with Crippen LogP contribution < -0.4 is 4.72 Å². The number of unbranched alkanes of at least 4 members (excludes halogenated alkanes) is 1. The first-order chi connectivity index (χ1) is 7.57. The molecule has 1 rings (SSSR count). The average molecular weight is 241 g/mol. The van der Waals surface area contributed by atoms with Crippen molar-refractivity contribution in [3.63, 3.8) is 0 Å². The van der Waals surface area contributed by atoms with Gasteiger partial charge in [-0.15, -0.1) is 0 Å². The second-order valence-corrected chi connectivity index (χ2v) is 5.36. The Balaban J connectivity index is 2.75. The molecule has 0 aliphatic rings. The first-order valence-corrected chi connectivity index (χ1v) is 6.78. The molecule has 1 N–H and O–H groups in total. The van der Waals surface area contributed by atoms with Crippen molar-refractivity contribution in [2.24, 2.45) is 0 Å². The maximum atomic E-state index is 11.6. The van der Waals surface area contributed by atoms with Gasteiger partial charge in [-0.25, -0.2) is 8.42 Å². The number of aldehydes is 1. The Morgan fingerprint density at radius 2 is 2.12 bits per heavy atom. The smallest absolute Gasteiger partial charge is 0.232 e. The van der Waals surface area contributed by atoms with Crippen LogP contribution >= 0.6 is 0 Å². The second kappa shape index (κ2) is 5.65. The lowest BCUT2D eigenvalue weighted by molar-refractivity contribution is 0.112. The van der Waals surface area contributed by atoms with E-state index in [4.69, 9.17) is 0 Å². The topological polar surface area (TPSA) is 63.2 Å². The minimum atomic E-state index is -3.29. The Bertz CT molecular complexity index is 454. The Labute approximate surface area is 95.7 Å². The second-order valence-electron chi connectivity index (χ2n) is 3.52. The minimum absolute atomic E-state index is 0.106. The molecule has 0 radical (unpaired) electrons. The third-order valence-electron chi connectivity index (χ3n) is 2.06. The highest BCUT2D eigenvalue weighted by atomic mass is 32.2. The number of hydrogen-bond donors (Lipinski definition) is 1. The van der Waals surface area contributed by atoms with E-state index in [1.807, 2.05) is 6.92 Å². The summed E-state index contributed by atoms with van der Waals surface area (Å²) in [6, 6.07) is 6.39. The van der Waals surface area contributed by atoms with Gasteiger partial charge in [0.05, 0.1) is 5.75 Å². The summed E-state index contributed by atoms with van der Waals surface area (Å²) in [6.07, 6.45) is 2.14. The standard InChI is InChI=1S/C11H15NO3S/c1-2-3-7-16(14,15)12-11-6-4-5-10(8-11)9-13/h4-6,8-9,12H,2-3,7H2,1H3. The summed E-state index contributed by atoms with van der Waals surface area (Å²) >= 11 is 0. The molecule has 0 unspecified atom stereocenters. The maximum absolute atomic E-state index is 11.6. The van der Waals surface area contributed by atoms with Gasteiger partial charge >= 0.3 is 0 Å². The Morgan fingerprint density at radius 3 is 2.75 bits per heavy atom. The highest BCUT2D eigenvalue weighted by Gasteiger charge is 2.09.